The van der Waals surface area contributed by atoms with E-state index in [0.717, 1.165) is 10.8 Å². The van der Waals surface area contributed by atoms with E-state index in [4.69, 9.17) is 14.2 Å². The van der Waals surface area contributed by atoms with Crippen molar-refractivity contribution in [3.05, 3.63) is 100 Å². The number of rotatable bonds is 7. The van der Waals surface area contributed by atoms with Crippen molar-refractivity contribution in [1.29, 1.82) is 0 Å². The zero-order valence-electron chi connectivity index (χ0n) is 18.9. The van der Waals surface area contributed by atoms with Crippen LogP contribution in [0.5, 0.6) is 17.2 Å². The molecule has 35 heavy (non-hydrogen) atoms. The van der Waals surface area contributed by atoms with Gasteiger partial charge >= 0.3 is 5.97 Å². The molecule has 1 N–H and O–H groups in total. The predicted molar refractivity (Wildman–Crippen MR) is 138 cm³/mol. The highest BCUT2D eigenvalue weighted by molar-refractivity contribution is 9.10. The molecule has 4 aromatic carbocycles. The number of nitrogens with one attached hydrogen (secondary N) is 1. The summed E-state index contributed by atoms with van der Waals surface area (Å²) in [6.45, 7) is 0. The Kier molecular flexibility index (Phi) is 7.42. The lowest BCUT2D eigenvalue weighted by Crippen LogP contribution is -2.18. The lowest BCUT2D eigenvalue weighted by Gasteiger charge is -2.12. The second-order valence-corrected chi connectivity index (χ2v) is 8.19. The molecule has 0 fully saturated rings. The number of hydrogen-bond donors (Lipinski definition) is 1. The molecule has 4 aromatic rings. The zero-order chi connectivity index (χ0) is 24.8. The first-order valence-electron chi connectivity index (χ1n) is 10.6. The molecule has 0 aliphatic heterocycles. The summed E-state index contributed by atoms with van der Waals surface area (Å²) in [5, 5.41) is 5.86. The fourth-order valence-electron chi connectivity index (χ4n) is 3.48. The number of fused-ring (bicyclic) bond motifs is 1. The van der Waals surface area contributed by atoms with Gasteiger partial charge in [0.25, 0.3) is 5.91 Å². The summed E-state index contributed by atoms with van der Waals surface area (Å²) in [6, 6.07) is 23.0. The van der Waals surface area contributed by atoms with E-state index in [1.165, 1.54) is 20.4 Å². The molecule has 0 aliphatic rings. The van der Waals surface area contributed by atoms with Gasteiger partial charge in [-0.15, -0.1) is 0 Å². The maximum Gasteiger partial charge on any atom is 0.343 e. The second-order valence-electron chi connectivity index (χ2n) is 7.34. The lowest BCUT2D eigenvalue weighted by molar-refractivity contribution is 0.0734. The molecular weight excluding hydrogens is 512 g/mol. The van der Waals surface area contributed by atoms with Crippen LogP contribution in [0.2, 0.25) is 0 Å². The van der Waals surface area contributed by atoms with Crippen LogP contribution in [-0.4, -0.2) is 32.3 Å². The standard InChI is InChI=1S/C27H21BrN2O5/c1-33-24-14-12-18(15-25(24)34-2)27(32)35-23-13-11-17-7-3-4-8-19(17)21(23)16-29-30-26(31)20-9-5-6-10-22(20)28/h3-16H,1-2H3,(H,30,31)/b29-16+. The van der Waals surface area contributed by atoms with Gasteiger partial charge in [0.05, 0.1) is 31.6 Å². The molecule has 176 valence electrons. The maximum absolute atomic E-state index is 12.9. The molecular formula is C27H21BrN2O5. The molecule has 8 heteroatoms. The van der Waals surface area contributed by atoms with Gasteiger partial charge in [0.2, 0.25) is 0 Å². The summed E-state index contributed by atoms with van der Waals surface area (Å²) in [5.74, 6) is 0.258. The average molecular weight is 533 g/mol. The van der Waals surface area contributed by atoms with Crippen molar-refractivity contribution in [1.82, 2.24) is 5.43 Å². The van der Waals surface area contributed by atoms with E-state index in [1.54, 1.807) is 42.5 Å². The Hall–Kier alpha value is -4.17. The molecule has 0 aliphatic carbocycles. The molecule has 4 rings (SSSR count). The average Bonchev–Trinajstić information content (AvgIpc) is 2.89. The van der Waals surface area contributed by atoms with Crippen LogP contribution in [-0.2, 0) is 0 Å². The van der Waals surface area contributed by atoms with E-state index < -0.39 is 5.97 Å². The van der Waals surface area contributed by atoms with Crippen LogP contribution < -0.4 is 19.6 Å². The number of hydrazone groups is 1. The summed E-state index contributed by atoms with van der Waals surface area (Å²) in [4.78, 5) is 25.5. The van der Waals surface area contributed by atoms with E-state index in [1.807, 2.05) is 36.4 Å². The predicted octanol–water partition coefficient (Wildman–Crippen LogP) is 5.60. The molecule has 0 spiro atoms. The van der Waals surface area contributed by atoms with Crippen molar-refractivity contribution in [3.8, 4) is 17.2 Å². The second kappa shape index (κ2) is 10.8. The largest absolute Gasteiger partial charge is 0.493 e. The minimum atomic E-state index is -0.576. The number of carbonyl (C=O) groups is 2. The Morgan fingerprint density at radius 1 is 0.857 bits per heavy atom. The van der Waals surface area contributed by atoms with Crippen molar-refractivity contribution in [2.75, 3.05) is 14.2 Å². The van der Waals surface area contributed by atoms with Crippen LogP contribution in [0.1, 0.15) is 26.3 Å². The SMILES string of the molecule is COc1ccc(C(=O)Oc2ccc3ccccc3c2/C=N/NC(=O)c2ccccc2Br)cc1OC. The van der Waals surface area contributed by atoms with Gasteiger partial charge in [0, 0.05) is 10.0 Å². The summed E-state index contributed by atoms with van der Waals surface area (Å²) >= 11 is 3.36. The fourth-order valence-corrected chi connectivity index (χ4v) is 3.95. The molecule has 1 amide bonds. The topological polar surface area (TPSA) is 86.2 Å². The van der Waals surface area contributed by atoms with Crippen LogP contribution in [0.3, 0.4) is 0 Å². The van der Waals surface area contributed by atoms with Crippen molar-refractivity contribution < 1.29 is 23.8 Å². The molecule has 0 saturated carbocycles. The van der Waals surface area contributed by atoms with Gasteiger partial charge in [-0.05, 0) is 63.1 Å². The Balaban J connectivity index is 1.64. The lowest BCUT2D eigenvalue weighted by atomic mass is 10.0. The molecule has 0 radical (unpaired) electrons. The number of carbonyl (C=O) groups excluding carboxylic acids is 2. The zero-order valence-corrected chi connectivity index (χ0v) is 20.5. The number of amides is 1. The first kappa shape index (κ1) is 24.0. The van der Waals surface area contributed by atoms with E-state index in [9.17, 15) is 9.59 Å². The third kappa shape index (κ3) is 5.33. The van der Waals surface area contributed by atoms with E-state index in [0.29, 0.717) is 38.4 Å². The molecule has 0 heterocycles. The fraction of sp³-hybridized carbons (Fsp3) is 0.0741. The quantitative estimate of drug-likeness (QED) is 0.145. The molecule has 7 nitrogen and oxygen atoms in total. The van der Waals surface area contributed by atoms with Crippen LogP contribution in [0.25, 0.3) is 10.8 Å². The first-order valence-corrected chi connectivity index (χ1v) is 11.3. The molecule has 0 atom stereocenters. The first-order chi connectivity index (χ1) is 17.0. The van der Waals surface area contributed by atoms with Gasteiger partial charge in [-0.3, -0.25) is 4.79 Å². The number of benzene rings is 4. The van der Waals surface area contributed by atoms with Gasteiger partial charge in [-0.1, -0.05) is 42.5 Å². The van der Waals surface area contributed by atoms with Gasteiger partial charge < -0.3 is 14.2 Å². The number of methoxy groups -OCH3 is 2. The maximum atomic E-state index is 12.9. The van der Waals surface area contributed by atoms with Crippen LogP contribution in [0.4, 0.5) is 0 Å². The molecule has 0 bridgehead atoms. The third-order valence-corrected chi connectivity index (χ3v) is 5.92. The van der Waals surface area contributed by atoms with Gasteiger partial charge in [-0.25, -0.2) is 10.2 Å². The smallest absolute Gasteiger partial charge is 0.343 e. The minimum absolute atomic E-state index is 0.293. The Morgan fingerprint density at radius 3 is 2.34 bits per heavy atom. The molecule has 0 aromatic heterocycles. The monoisotopic (exact) mass is 532 g/mol. The highest BCUT2D eigenvalue weighted by Crippen LogP contribution is 2.30. The van der Waals surface area contributed by atoms with Crippen molar-refractivity contribution in [3.63, 3.8) is 0 Å². The number of halogens is 1. The molecule has 0 unspecified atom stereocenters. The van der Waals surface area contributed by atoms with E-state index >= 15 is 0 Å². The van der Waals surface area contributed by atoms with Gasteiger partial charge in [0.1, 0.15) is 5.75 Å². The van der Waals surface area contributed by atoms with Gasteiger partial charge in [-0.2, -0.15) is 5.10 Å². The Labute approximate surface area is 210 Å². The minimum Gasteiger partial charge on any atom is -0.493 e. The van der Waals surface area contributed by atoms with Crippen molar-refractivity contribution >= 4 is 44.8 Å². The van der Waals surface area contributed by atoms with Crippen molar-refractivity contribution in [2.45, 2.75) is 0 Å². The number of nitrogens with zero attached hydrogens (tertiary/aromatic N) is 1. The Morgan fingerprint density at radius 2 is 1.57 bits per heavy atom. The number of ether oxygens (including phenoxy) is 3. The summed E-state index contributed by atoms with van der Waals surface area (Å²) in [7, 11) is 3.01. The van der Waals surface area contributed by atoms with Crippen LogP contribution >= 0.6 is 15.9 Å². The third-order valence-electron chi connectivity index (χ3n) is 5.23. The normalized spacial score (nSPS) is 10.8. The Bertz CT molecular complexity index is 1430. The van der Waals surface area contributed by atoms with Gasteiger partial charge in [0.15, 0.2) is 11.5 Å². The van der Waals surface area contributed by atoms with E-state index in [-0.39, 0.29) is 5.91 Å². The van der Waals surface area contributed by atoms with E-state index in [2.05, 4.69) is 26.5 Å². The number of hydrogen-bond acceptors (Lipinski definition) is 6. The van der Waals surface area contributed by atoms with Crippen molar-refractivity contribution in [2.24, 2.45) is 5.10 Å². The van der Waals surface area contributed by atoms with Crippen LogP contribution in [0, 0.1) is 0 Å². The highest BCUT2D eigenvalue weighted by atomic mass is 79.9. The van der Waals surface area contributed by atoms with Crippen LogP contribution in [0.15, 0.2) is 88.4 Å². The number of esters is 1. The molecule has 0 saturated heterocycles. The summed E-state index contributed by atoms with van der Waals surface area (Å²) in [5.41, 5.74) is 3.81. The highest BCUT2D eigenvalue weighted by Gasteiger charge is 2.16. The summed E-state index contributed by atoms with van der Waals surface area (Å²) in [6.07, 6.45) is 1.47. The summed E-state index contributed by atoms with van der Waals surface area (Å²) < 4.78 is 16.9.